The fraction of sp³-hybridized carbons (Fsp3) is 0.118. The molecule has 2 rings (SSSR count). The Bertz CT molecular complexity index is 639. The summed E-state index contributed by atoms with van der Waals surface area (Å²) in [5.41, 5.74) is 0. The highest BCUT2D eigenvalue weighted by Crippen LogP contribution is 2.48. The molecule has 0 unspecified atom stereocenters. The third kappa shape index (κ3) is 5.64. The predicted molar refractivity (Wildman–Crippen MR) is 87.8 cm³/mol. The zero-order chi connectivity index (χ0) is 16.5. The molecule has 120 valence electrons. The Morgan fingerprint density at radius 1 is 0.957 bits per heavy atom. The average molecular weight is 332 g/mol. The largest absolute Gasteiger partial charge is 0.462 e. The number of hydrogen-bond acceptors (Lipinski definition) is 5. The second-order valence-electron chi connectivity index (χ2n) is 4.51. The summed E-state index contributed by atoms with van der Waals surface area (Å²) in [6.45, 7) is 3.21. The van der Waals surface area contributed by atoms with Gasteiger partial charge in [0, 0.05) is 6.08 Å². The number of rotatable bonds is 8. The maximum absolute atomic E-state index is 13.0. The van der Waals surface area contributed by atoms with Gasteiger partial charge in [0.1, 0.15) is 24.3 Å². The number of para-hydroxylation sites is 2. The van der Waals surface area contributed by atoms with Crippen LogP contribution in [0.5, 0.6) is 11.5 Å². The fourth-order valence-corrected chi connectivity index (χ4v) is 3.13. The van der Waals surface area contributed by atoms with Gasteiger partial charge in [-0.25, -0.2) is 9.36 Å². The minimum Gasteiger partial charge on any atom is -0.462 e. The molecule has 0 aromatic heterocycles. The Balaban J connectivity index is 2.10. The lowest BCUT2D eigenvalue weighted by molar-refractivity contribution is -0.137. The van der Waals surface area contributed by atoms with Gasteiger partial charge in [-0.2, -0.15) is 0 Å². The molecule has 0 aliphatic heterocycles. The lowest BCUT2D eigenvalue weighted by Gasteiger charge is -2.20. The lowest BCUT2D eigenvalue weighted by atomic mass is 10.3. The van der Waals surface area contributed by atoms with E-state index in [0.29, 0.717) is 11.5 Å². The first kappa shape index (κ1) is 16.8. The van der Waals surface area contributed by atoms with Gasteiger partial charge >= 0.3 is 13.6 Å². The molecule has 0 saturated heterocycles. The first-order chi connectivity index (χ1) is 11.1. The van der Waals surface area contributed by atoms with E-state index in [2.05, 4.69) is 6.58 Å². The maximum Gasteiger partial charge on any atom is 0.434 e. The van der Waals surface area contributed by atoms with E-state index in [1.54, 1.807) is 48.5 Å². The molecule has 0 heterocycles. The van der Waals surface area contributed by atoms with Crippen molar-refractivity contribution in [1.82, 2.24) is 0 Å². The van der Waals surface area contributed by atoms with Crippen LogP contribution in [0.2, 0.25) is 0 Å². The number of hydrogen-bond donors (Lipinski definition) is 0. The Labute approximate surface area is 135 Å². The predicted octanol–water partition coefficient (Wildman–Crippen LogP) is 4.07. The van der Waals surface area contributed by atoms with Crippen molar-refractivity contribution in [2.75, 3.05) is 12.8 Å². The van der Waals surface area contributed by atoms with Gasteiger partial charge in [-0.3, -0.25) is 0 Å². The summed E-state index contributed by atoms with van der Waals surface area (Å²) in [5.74, 6) is 0.250. The van der Waals surface area contributed by atoms with E-state index < -0.39 is 13.6 Å². The number of esters is 1. The van der Waals surface area contributed by atoms with Gasteiger partial charge in [-0.15, -0.1) is 0 Å². The molecule has 2 aromatic rings. The number of carbonyl (C=O) groups excluding carboxylic acids is 1. The standard InChI is InChI=1S/C17H17O5P/c1-2-17(18)20-13-14-23(19,21-15-9-5-3-6-10-15)22-16-11-7-4-8-12-16/h2-12H,1,13-14H2. The van der Waals surface area contributed by atoms with Crippen molar-refractivity contribution in [3.8, 4) is 11.5 Å². The van der Waals surface area contributed by atoms with Gasteiger partial charge in [0.05, 0.1) is 0 Å². The quantitative estimate of drug-likeness (QED) is 0.414. The van der Waals surface area contributed by atoms with Gasteiger partial charge in [0.25, 0.3) is 0 Å². The summed E-state index contributed by atoms with van der Waals surface area (Å²) in [6, 6.07) is 17.4. The Morgan fingerprint density at radius 3 is 1.87 bits per heavy atom. The molecular weight excluding hydrogens is 315 g/mol. The Morgan fingerprint density at radius 2 is 1.43 bits per heavy atom. The monoisotopic (exact) mass is 332 g/mol. The number of benzene rings is 2. The van der Waals surface area contributed by atoms with E-state index >= 15 is 0 Å². The molecule has 0 radical (unpaired) electrons. The summed E-state index contributed by atoms with van der Waals surface area (Å²) < 4.78 is 28.9. The van der Waals surface area contributed by atoms with Crippen molar-refractivity contribution < 1.29 is 23.1 Å². The highest BCUT2D eigenvalue weighted by molar-refractivity contribution is 7.54. The lowest BCUT2D eigenvalue weighted by Crippen LogP contribution is -2.12. The Kier molecular flexibility index (Phi) is 6.01. The summed E-state index contributed by atoms with van der Waals surface area (Å²) in [5, 5.41) is 0. The molecule has 0 spiro atoms. The molecule has 0 fully saturated rings. The van der Waals surface area contributed by atoms with Crippen LogP contribution in [0.1, 0.15) is 0 Å². The van der Waals surface area contributed by atoms with Crippen molar-refractivity contribution in [1.29, 1.82) is 0 Å². The molecule has 0 N–H and O–H groups in total. The van der Waals surface area contributed by atoms with Crippen LogP contribution in [0.4, 0.5) is 0 Å². The van der Waals surface area contributed by atoms with Crippen LogP contribution in [0.25, 0.3) is 0 Å². The van der Waals surface area contributed by atoms with Gasteiger partial charge in [-0.1, -0.05) is 43.0 Å². The molecule has 0 atom stereocenters. The van der Waals surface area contributed by atoms with Crippen LogP contribution in [-0.4, -0.2) is 18.7 Å². The van der Waals surface area contributed by atoms with Crippen LogP contribution >= 0.6 is 7.60 Å². The van der Waals surface area contributed by atoms with E-state index in [-0.39, 0.29) is 12.8 Å². The minimum absolute atomic E-state index is 0.0730. The van der Waals surface area contributed by atoms with Crippen molar-refractivity contribution in [2.45, 2.75) is 0 Å². The van der Waals surface area contributed by atoms with Crippen molar-refractivity contribution >= 4 is 13.6 Å². The molecule has 0 saturated carbocycles. The Hall–Kier alpha value is -2.52. The van der Waals surface area contributed by atoms with Gasteiger partial charge in [-0.05, 0) is 24.3 Å². The van der Waals surface area contributed by atoms with E-state index in [1.165, 1.54) is 0 Å². The molecule has 2 aromatic carbocycles. The zero-order valence-corrected chi connectivity index (χ0v) is 13.4. The molecule has 5 nitrogen and oxygen atoms in total. The summed E-state index contributed by atoms with van der Waals surface area (Å²) >= 11 is 0. The topological polar surface area (TPSA) is 61.8 Å². The normalized spacial score (nSPS) is 10.6. The van der Waals surface area contributed by atoms with Crippen LogP contribution in [0, 0.1) is 0 Å². The van der Waals surface area contributed by atoms with E-state index in [4.69, 9.17) is 13.8 Å². The van der Waals surface area contributed by atoms with Gasteiger partial charge in [0.15, 0.2) is 0 Å². The molecule has 6 heteroatoms. The van der Waals surface area contributed by atoms with Gasteiger partial charge < -0.3 is 13.8 Å². The second kappa shape index (κ2) is 8.20. The number of ether oxygens (including phenoxy) is 1. The average Bonchev–Trinajstić information content (AvgIpc) is 2.56. The van der Waals surface area contributed by atoms with E-state index in [0.717, 1.165) is 6.08 Å². The first-order valence-corrected chi connectivity index (χ1v) is 8.72. The third-order valence-corrected chi connectivity index (χ3v) is 4.46. The summed E-state index contributed by atoms with van der Waals surface area (Å²) in [7, 11) is -3.54. The molecular formula is C17H17O5P. The highest BCUT2D eigenvalue weighted by Gasteiger charge is 2.28. The van der Waals surface area contributed by atoms with Gasteiger partial charge in [0.2, 0.25) is 0 Å². The third-order valence-electron chi connectivity index (χ3n) is 2.75. The molecule has 0 amide bonds. The van der Waals surface area contributed by atoms with Crippen LogP contribution < -0.4 is 9.05 Å². The van der Waals surface area contributed by atoms with E-state index in [1.807, 2.05) is 12.1 Å². The number of carbonyl (C=O) groups is 1. The van der Waals surface area contributed by atoms with Crippen molar-refractivity contribution in [2.24, 2.45) is 0 Å². The van der Waals surface area contributed by atoms with Crippen LogP contribution in [-0.2, 0) is 14.1 Å². The zero-order valence-electron chi connectivity index (χ0n) is 12.5. The van der Waals surface area contributed by atoms with Crippen LogP contribution in [0.3, 0.4) is 0 Å². The summed E-state index contributed by atoms with van der Waals surface area (Å²) in [6.07, 6.45) is 0.970. The smallest absolute Gasteiger partial charge is 0.434 e. The fourth-order valence-electron chi connectivity index (χ4n) is 1.71. The van der Waals surface area contributed by atoms with Crippen LogP contribution in [0.15, 0.2) is 73.3 Å². The maximum atomic E-state index is 13.0. The van der Waals surface area contributed by atoms with Crippen molar-refractivity contribution in [3.63, 3.8) is 0 Å². The second-order valence-corrected chi connectivity index (χ2v) is 6.55. The highest BCUT2D eigenvalue weighted by atomic mass is 31.2. The minimum atomic E-state index is -3.54. The molecule has 23 heavy (non-hydrogen) atoms. The SMILES string of the molecule is C=CC(=O)OCCP(=O)(Oc1ccccc1)Oc1ccccc1. The summed E-state index contributed by atoms with van der Waals surface area (Å²) in [4.78, 5) is 11.1. The van der Waals surface area contributed by atoms with E-state index in [9.17, 15) is 9.36 Å². The van der Waals surface area contributed by atoms with Crippen molar-refractivity contribution in [3.05, 3.63) is 73.3 Å². The molecule has 0 aliphatic carbocycles. The molecule has 0 bridgehead atoms. The molecule has 0 aliphatic rings. The first-order valence-electron chi connectivity index (χ1n) is 6.99.